The van der Waals surface area contributed by atoms with E-state index in [9.17, 15) is 4.39 Å². The molecule has 0 aliphatic rings. The molecule has 1 aromatic rings. The minimum atomic E-state index is -0.389. The first kappa shape index (κ1) is 8.28. The number of halogens is 1. The van der Waals surface area contributed by atoms with Crippen molar-refractivity contribution >= 4 is 6.21 Å². The molecule has 0 bridgehead atoms. The molecular formula is C9H7FN2. The summed E-state index contributed by atoms with van der Waals surface area (Å²) in [5.74, 6) is 6.83. The third-order valence-electron chi connectivity index (χ3n) is 1.31. The third-order valence-corrected chi connectivity index (χ3v) is 1.31. The Morgan fingerprint density at radius 3 is 2.83 bits per heavy atom. The van der Waals surface area contributed by atoms with Crippen LogP contribution in [0.2, 0.25) is 0 Å². The first-order valence-electron chi connectivity index (χ1n) is 3.26. The minimum Gasteiger partial charge on any atom is -0.323 e. The smallest absolute Gasteiger partial charge is 0.125 e. The zero-order valence-electron chi connectivity index (χ0n) is 6.29. The van der Waals surface area contributed by atoms with Gasteiger partial charge in [-0.05, 0) is 23.8 Å². The molecule has 1 rings (SSSR count). The lowest BCUT2D eigenvalue weighted by Crippen LogP contribution is -1.89. The Balaban J connectivity index is 3.17. The molecule has 3 heteroatoms. The van der Waals surface area contributed by atoms with Crippen LogP contribution in [0.25, 0.3) is 0 Å². The van der Waals surface area contributed by atoms with Gasteiger partial charge in [0, 0.05) is 5.56 Å². The summed E-state index contributed by atoms with van der Waals surface area (Å²) < 4.78 is 12.7. The van der Waals surface area contributed by atoms with Crippen LogP contribution in [-0.2, 0) is 0 Å². The molecule has 0 unspecified atom stereocenters. The number of nitrogens with two attached hydrogens (primary N) is 1. The van der Waals surface area contributed by atoms with Crippen LogP contribution in [0.15, 0.2) is 23.3 Å². The number of rotatable bonds is 1. The van der Waals surface area contributed by atoms with E-state index in [-0.39, 0.29) is 5.82 Å². The summed E-state index contributed by atoms with van der Waals surface area (Å²) in [5, 5.41) is 3.26. The van der Waals surface area contributed by atoms with Crippen molar-refractivity contribution in [2.75, 3.05) is 0 Å². The number of hydrazone groups is 1. The van der Waals surface area contributed by atoms with Crippen molar-refractivity contribution in [2.45, 2.75) is 0 Å². The molecule has 0 aliphatic heterocycles. The SMILES string of the molecule is C#Cc1cc(F)cc(C=NN)c1. The molecule has 2 N–H and O–H groups in total. The van der Waals surface area contributed by atoms with Crippen molar-refractivity contribution in [3.63, 3.8) is 0 Å². The Labute approximate surface area is 69.9 Å². The number of benzene rings is 1. The molecule has 2 nitrogen and oxygen atoms in total. The molecule has 0 aliphatic carbocycles. The molecule has 0 atom stereocenters. The van der Waals surface area contributed by atoms with Gasteiger partial charge >= 0.3 is 0 Å². The van der Waals surface area contributed by atoms with Crippen LogP contribution in [0.4, 0.5) is 4.39 Å². The molecule has 0 saturated heterocycles. The average Bonchev–Trinajstić information content (AvgIpc) is 2.04. The first-order chi connectivity index (χ1) is 5.76. The van der Waals surface area contributed by atoms with Gasteiger partial charge in [-0.25, -0.2) is 4.39 Å². The average molecular weight is 162 g/mol. The Morgan fingerprint density at radius 1 is 1.50 bits per heavy atom. The van der Waals surface area contributed by atoms with Crippen LogP contribution in [0.3, 0.4) is 0 Å². The molecule has 60 valence electrons. The second-order valence-electron chi connectivity index (χ2n) is 2.20. The van der Waals surface area contributed by atoms with Crippen molar-refractivity contribution in [1.29, 1.82) is 0 Å². The van der Waals surface area contributed by atoms with Gasteiger partial charge in [0.15, 0.2) is 0 Å². The highest BCUT2D eigenvalue weighted by Gasteiger charge is 1.95. The molecule has 0 amide bonds. The first-order valence-corrected chi connectivity index (χ1v) is 3.26. The van der Waals surface area contributed by atoms with Gasteiger partial charge in [-0.1, -0.05) is 5.92 Å². The fraction of sp³-hybridized carbons (Fsp3) is 0. The maximum Gasteiger partial charge on any atom is 0.125 e. The van der Waals surface area contributed by atoms with E-state index in [0.717, 1.165) is 0 Å². The summed E-state index contributed by atoms with van der Waals surface area (Å²) in [5.41, 5.74) is 1.04. The Morgan fingerprint density at radius 2 is 2.25 bits per heavy atom. The van der Waals surface area contributed by atoms with Gasteiger partial charge in [-0.15, -0.1) is 6.42 Å². The van der Waals surface area contributed by atoms with Crippen LogP contribution in [-0.4, -0.2) is 6.21 Å². The zero-order valence-corrected chi connectivity index (χ0v) is 6.29. The van der Waals surface area contributed by atoms with Crippen molar-refractivity contribution in [3.05, 3.63) is 35.1 Å². The largest absolute Gasteiger partial charge is 0.323 e. The predicted octanol–water partition coefficient (Wildman–Crippen LogP) is 1.10. The quantitative estimate of drug-likeness (QED) is 0.285. The van der Waals surface area contributed by atoms with E-state index in [1.807, 2.05) is 0 Å². The standard InChI is InChI=1S/C9H7FN2/c1-2-7-3-8(6-12-11)5-9(10)4-7/h1,3-6H,11H2. The highest BCUT2D eigenvalue weighted by molar-refractivity contribution is 5.79. The predicted molar refractivity (Wildman–Crippen MR) is 46.1 cm³/mol. The second kappa shape index (κ2) is 3.54. The third kappa shape index (κ3) is 1.83. The van der Waals surface area contributed by atoms with E-state index >= 15 is 0 Å². The second-order valence-corrected chi connectivity index (χ2v) is 2.20. The summed E-state index contributed by atoms with van der Waals surface area (Å²) in [4.78, 5) is 0. The maximum absolute atomic E-state index is 12.7. The summed E-state index contributed by atoms with van der Waals surface area (Å²) in [6.45, 7) is 0. The van der Waals surface area contributed by atoms with E-state index in [1.165, 1.54) is 18.3 Å². The molecule has 12 heavy (non-hydrogen) atoms. The lowest BCUT2D eigenvalue weighted by atomic mass is 10.1. The van der Waals surface area contributed by atoms with Crippen LogP contribution in [0.1, 0.15) is 11.1 Å². The molecule has 1 aromatic carbocycles. The summed E-state index contributed by atoms with van der Waals surface area (Å²) in [6, 6.07) is 4.20. The van der Waals surface area contributed by atoms with Crippen LogP contribution in [0, 0.1) is 18.2 Å². The van der Waals surface area contributed by atoms with Crippen LogP contribution >= 0.6 is 0 Å². The van der Waals surface area contributed by atoms with Gasteiger partial charge in [0.25, 0.3) is 0 Å². The topological polar surface area (TPSA) is 38.4 Å². The number of terminal acetylenes is 1. The molecule has 0 radical (unpaired) electrons. The molecule has 0 saturated carbocycles. The molecular weight excluding hydrogens is 155 g/mol. The normalized spacial score (nSPS) is 10.0. The molecule has 0 aromatic heterocycles. The van der Waals surface area contributed by atoms with E-state index in [4.69, 9.17) is 12.3 Å². The maximum atomic E-state index is 12.7. The fourth-order valence-electron chi connectivity index (χ4n) is 0.856. The highest BCUT2D eigenvalue weighted by Crippen LogP contribution is 2.06. The number of hydrogen-bond acceptors (Lipinski definition) is 2. The van der Waals surface area contributed by atoms with E-state index in [0.29, 0.717) is 11.1 Å². The van der Waals surface area contributed by atoms with Gasteiger partial charge in [-0.3, -0.25) is 0 Å². The van der Waals surface area contributed by atoms with E-state index in [1.54, 1.807) is 6.07 Å². The summed E-state index contributed by atoms with van der Waals surface area (Å²) >= 11 is 0. The van der Waals surface area contributed by atoms with Gasteiger partial charge in [0.2, 0.25) is 0 Å². The number of nitrogens with zero attached hydrogens (tertiary/aromatic N) is 1. The lowest BCUT2D eigenvalue weighted by molar-refractivity contribution is 0.627. The Kier molecular flexibility index (Phi) is 2.44. The van der Waals surface area contributed by atoms with Crippen LogP contribution in [0.5, 0.6) is 0 Å². The lowest BCUT2D eigenvalue weighted by Gasteiger charge is -1.94. The van der Waals surface area contributed by atoms with Crippen LogP contribution < -0.4 is 5.84 Å². The van der Waals surface area contributed by atoms with Gasteiger partial charge in [-0.2, -0.15) is 5.10 Å². The van der Waals surface area contributed by atoms with Crippen molar-refractivity contribution in [3.8, 4) is 12.3 Å². The number of hydrogen-bond donors (Lipinski definition) is 1. The van der Waals surface area contributed by atoms with Crippen molar-refractivity contribution in [1.82, 2.24) is 0 Å². The molecule has 0 fully saturated rings. The Bertz CT molecular complexity index is 350. The van der Waals surface area contributed by atoms with Crippen molar-refractivity contribution in [2.24, 2.45) is 10.9 Å². The van der Waals surface area contributed by atoms with Gasteiger partial charge in [0.1, 0.15) is 5.82 Å². The van der Waals surface area contributed by atoms with Crippen molar-refractivity contribution < 1.29 is 4.39 Å². The Hall–Kier alpha value is -1.82. The highest BCUT2D eigenvalue weighted by atomic mass is 19.1. The van der Waals surface area contributed by atoms with Gasteiger partial charge in [0.05, 0.1) is 6.21 Å². The van der Waals surface area contributed by atoms with E-state index in [2.05, 4.69) is 11.0 Å². The zero-order chi connectivity index (χ0) is 8.97. The fourth-order valence-corrected chi connectivity index (χ4v) is 0.856. The monoisotopic (exact) mass is 162 g/mol. The molecule has 0 heterocycles. The summed E-state index contributed by atoms with van der Waals surface area (Å²) in [7, 11) is 0. The summed E-state index contributed by atoms with van der Waals surface area (Å²) in [6.07, 6.45) is 6.43. The minimum absolute atomic E-state index is 0.389. The van der Waals surface area contributed by atoms with Gasteiger partial charge < -0.3 is 5.84 Å². The molecule has 0 spiro atoms. The van der Waals surface area contributed by atoms with E-state index < -0.39 is 0 Å².